The molecule has 0 spiro atoms. The molecule has 1 amide bonds. The first-order chi connectivity index (χ1) is 14.6. The fourth-order valence-corrected chi connectivity index (χ4v) is 3.23. The lowest BCUT2D eigenvalue weighted by molar-refractivity contribution is 0.102. The van der Waals surface area contributed by atoms with Gasteiger partial charge in [0.15, 0.2) is 0 Å². The van der Waals surface area contributed by atoms with Crippen molar-refractivity contribution < 1.29 is 18.7 Å². The molecule has 0 atom stereocenters. The maximum Gasteiger partial charge on any atom is 0.255 e. The van der Waals surface area contributed by atoms with Gasteiger partial charge >= 0.3 is 0 Å². The minimum Gasteiger partial charge on any atom is -0.497 e. The fraction of sp³-hybridized carbons (Fsp3) is 0.227. The number of anilines is 1. The summed E-state index contributed by atoms with van der Waals surface area (Å²) in [4.78, 5) is 23.3. The molecule has 1 aliphatic heterocycles. The van der Waals surface area contributed by atoms with Crippen LogP contribution in [0.15, 0.2) is 54.9 Å². The van der Waals surface area contributed by atoms with E-state index in [4.69, 9.17) is 9.47 Å². The predicted molar refractivity (Wildman–Crippen MR) is 109 cm³/mol. The molecule has 7 nitrogen and oxygen atoms in total. The highest BCUT2D eigenvalue weighted by atomic mass is 19.1. The van der Waals surface area contributed by atoms with E-state index in [0.29, 0.717) is 43.3 Å². The molecular weight excluding hydrogens is 387 g/mol. The van der Waals surface area contributed by atoms with Crippen LogP contribution in [0.2, 0.25) is 0 Å². The molecule has 1 aromatic heterocycles. The van der Waals surface area contributed by atoms with Crippen molar-refractivity contribution in [1.82, 2.24) is 14.9 Å². The second-order valence-corrected chi connectivity index (χ2v) is 6.85. The number of aromatic nitrogens is 2. The van der Waals surface area contributed by atoms with Crippen LogP contribution >= 0.6 is 0 Å². The molecule has 30 heavy (non-hydrogen) atoms. The van der Waals surface area contributed by atoms with Gasteiger partial charge in [-0.25, -0.2) is 14.4 Å². The van der Waals surface area contributed by atoms with Gasteiger partial charge in [-0.2, -0.15) is 0 Å². The Bertz CT molecular complexity index is 1050. The van der Waals surface area contributed by atoms with Crippen molar-refractivity contribution in [2.24, 2.45) is 0 Å². The molecule has 0 bridgehead atoms. The average molecular weight is 408 g/mol. The normalized spacial score (nSPS) is 13.7. The highest BCUT2D eigenvalue weighted by molar-refractivity contribution is 6.04. The lowest BCUT2D eigenvalue weighted by Gasteiger charge is -2.18. The zero-order valence-corrected chi connectivity index (χ0v) is 16.5. The Hall–Kier alpha value is -3.52. The number of fused-ring (bicyclic) bond motifs is 1. The van der Waals surface area contributed by atoms with Gasteiger partial charge in [0.05, 0.1) is 19.3 Å². The number of halogens is 1. The van der Waals surface area contributed by atoms with E-state index < -0.39 is 11.7 Å². The van der Waals surface area contributed by atoms with E-state index in [9.17, 15) is 9.18 Å². The molecule has 1 N–H and O–H groups in total. The molecule has 0 aliphatic carbocycles. The van der Waals surface area contributed by atoms with E-state index in [0.717, 1.165) is 11.4 Å². The zero-order valence-electron chi connectivity index (χ0n) is 16.5. The molecule has 2 aromatic carbocycles. The first kappa shape index (κ1) is 19.8. The van der Waals surface area contributed by atoms with E-state index in [2.05, 4.69) is 20.2 Å². The SMILES string of the molecule is COc1ccc(NC(=O)c2ccc3c(c2)OCCN(Cc2ncccn2)C3)c(F)c1. The van der Waals surface area contributed by atoms with Crippen LogP contribution in [0.25, 0.3) is 0 Å². The number of nitrogens with zero attached hydrogens (tertiary/aromatic N) is 3. The van der Waals surface area contributed by atoms with Crippen molar-refractivity contribution in [1.29, 1.82) is 0 Å². The van der Waals surface area contributed by atoms with Crippen LogP contribution in [0.5, 0.6) is 11.5 Å². The van der Waals surface area contributed by atoms with Crippen molar-refractivity contribution in [2.75, 3.05) is 25.6 Å². The van der Waals surface area contributed by atoms with Crippen molar-refractivity contribution in [3.63, 3.8) is 0 Å². The van der Waals surface area contributed by atoms with Crippen molar-refractivity contribution in [3.8, 4) is 11.5 Å². The van der Waals surface area contributed by atoms with E-state index >= 15 is 0 Å². The van der Waals surface area contributed by atoms with Gasteiger partial charge in [-0.05, 0) is 30.3 Å². The molecule has 0 radical (unpaired) electrons. The highest BCUT2D eigenvalue weighted by Crippen LogP contribution is 2.26. The number of amides is 1. The molecule has 4 rings (SSSR count). The van der Waals surface area contributed by atoms with Crippen LogP contribution in [-0.2, 0) is 13.1 Å². The Morgan fingerprint density at radius 3 is 2.83 bits per heavy atom. The Morgan fingerprint density at radius 1 is 1.23 bits per heavy atom. The van der Waals surface area contributed by atoms with E-state index in [1.807, 2.05) is 6.07 Å². The first-order valence-electron chi connectivity index (χ1n) is 9.51. The number of hydrogen-bond donors (Lipinski definition) is 1. The van der Waals surface area contributed by atoms with Gasteiger partial charge in [0.2, 0.25) is 0 Å². The Balaban J connectivity index is 1.47. The van der Waals surface area contributed by atoms with Gasteiger partial charge in [-0.1, -0.05) is 6.07 Å². The van der Waals surface area contributed by atoms with Crippen LogP contribution in [-0.4, -0.2) is 41.0 Å². The topological polar surface area (TPSA) is 76.6 Å². The standard InChI is InChI=1S/C22H21FN4O3/c1-29-17-5-6-19(18(23)12-17)26-22(28)15-3-4-16-13-27(9-10-30-20(16)11-15)14-21-24-7-2-8-25-21/h2-8,11-12H,9-10,13-14H2,1H3,(H,26,28). The number of carbonyl (C=O) groups excluding carboxylic acids is 1. The summed E-state index contributed by atoms with van der Waals surface area (Å²) in [6.07, 6.45) is 3.45. The van der Waals surface area contributed by atoms with Crippen molar-refractivity contribution >= 4 is 11.6 Å². The second kappa shape index (κ2) is 8.87. The Morgan fingerprint density at radius 2 is 2.07 bits per heavy atom. The summed E-state index contributed by atoms with van der Waals surface area (Å²) in [5.41, 5.74) is 1.45. The van der Waals surface area contributed by atoms with E-state index in [1.54, 1.807) is 36.7 Å². The molecule has 3 aromatic rings. The summed E-state index contributed by atoms with van der Waals surface area (Å²) in [6.45, 7) is 2.47. The van der Waals surface area contributed by atoms with Crippen LogP contribution in [0.4, 0.5) is 10.1 Å². The average Bonchev–Trinajstić information content (AvgIpc) is 2.96. The van der Waals surface area contributed by atoms with E-state index in [1.165, 1.54) is 19.2 Å². The number of nitrogens with one attached hydrogen (secondary N) is 1. The molecule has 1 aliphatic rings. The minimum absolute atomic E-state index is 0.0886. The first-order valence-corrected chi connectivity index (χ1v) is 9.51. The third-order valence-corrected chi connectivity index (χ3v) is 4.80. The monoisotopic (exact) mass is 408 g/mol. The summed E-state index contributed by atoms with van der Waals surface area (Å²) in [7, 11) is 1.46. The Kier molecular flexibility index (Phi) is 5.85. The smallest absolute Gasteiger partial charge is 0.255 e. The third kappa shape index (κ3) is 4.55. The number of ether oxygens (including phenoxy) is 2. The number of hydrogen-bond acceptors (Lipinski definition) is 6. The lowest BCUT2D eigenvalue weighted by Crippen LogP contribution is -2.26. The largest absolute Gasteiger partial charge is 0.497 e. The number of benzene rings is 2. The zero-order chi connectivity index (χ0) is 20.9. The van der Waals surface area contributed by atoms with Crippen LogP contribution in [0.1, 0.15) is 21.7 Å². The van der Waals surface area contributed by atoms with Gasteiger partial charge in [-0.15, -0.1) is 0 Å². The van der Waals surface area contributed by atoms with Gasteiger partial charge in [-0.3, -0.25) is 9.69 Å². The molecule has 8 heteroatoms. The van der Waals surface area contributed by atoms with Crippen LogP contribution in [0.3, 0.4) is 0 Å². The molecular formula is C22H21FN4O3. The van der Waals surface area contributed by atoms with Crippen molar-refractivity contribution in [3.05, 3.63) is 77.6 Å². The molecule has 0 saturated heterocycles. The molecule has 0 saturated carbocycles. The molecule has 2 heterocycles. The Labute approximate surface area is 173 Å². The lowest BCUT2D eigenvalue weighted by atomic mass is 10.1. The minimum atomic E-state index is -0.563. The van der Waals surface area contributed by atoms with Crippen molar-refractivity contribution in [2.45, 2.75) is 13.1 Å². The molecule has 0 unspecified atom stereocenters. The summed E-state index contributed by atoms with van der Waals surface area (Å²) in [5, 5.41) is 2.59. The summed E-state index contributed by atoms with van der Waals surface area (Å²) in [6, 6.07) is 11.3. The summed E-state index contributed by atoms with van der Waals surface area (Å²) < 4.78 is 25.0. The predicted octanol–water partition coefficient (Wildman–Crippen LogP) is 3.27. The maximum absolute atomic E-state index is 14.1. The van der Waals surface area contributed by atoms with Gasteiger partial charge < -0.3 is 14.8 Å². The highest BCUT2D eigenvalue weighted by Gasteiger charge is 2.19. The van der Waals surface area contributed by atoms with Gasteiger partial charge in [0.1, 0.15) is 29.7 Å². The fourth-order valence-electron chi connectivity index (χ4n) is 3.23. The van der Waals surface area contributed by atoms with Crippen LogP contribution < -0.4 is 14.8 Å². The van der Waals surface area contributed by atoms with Gasteiger partial charge in [0, 0.05) is 42.7 Å². The molecule has 154 valence electrons. The second-order valence-electron chi connectivity index (χ2n) is 6.85. The van der Waals surface area contributed by atoms with Crippen LogP contribution in [0, 0.1) is 5.82 Å². The third-order valence-electron chi connectivity index (χ3n) is 4.80. The number of rotatable bonds is 5. The number of carbonyl (C=O) groups is 1. The van der Waals surface area contributed by atoms with Gasteiger partial charge in [0.25, 0.3) is 5.91 Å². The summed E-state index contributed by atoms with van der Waals surface area (Å²) >= 11 is 0. The van der Waals surface area contributed by atoms with E-state index in [-0.39, 0.29) is 5.69 Å². The summed E-state index contributed by atoms with van der Waals surface area (Å²) in [5.74, 6) is 0.805. The number of methoxy groups -OCH3 is 1. The quantitative estimate of drug-likeness (QED) is 0.698. The maximum atomic E-state index is 14.1. The molecule has 0 fully saturated rings.